The molecule has 2 nitrogen and oxygen atoms in total. The van der Waals surface area contributed by atoms with Gasteiger partial charge in [0.1, 0.15) is 5.82 Å². The van der Waals surface area contributed by atoms with Crippen LogP contribution in [0.25, 0.3) is 0 Å². The third-order valence-corrected chi connectivity index (χ3v) is 2.83. The van der Waals surface area contributed by atoms with E-state index >= 15 is 0 Å². The molecule has 0 aliphatic rings. The first-order chi connectivity index (χ1) is 8.61. The van der Waals surface area contributed by atoms with E-state index < -0.39 is 0 Å². The van der Waals surface area contributed by atoms with Crippen LogP contribution in [0.3, 0.4) is 0 Å². The topological polar surface area (TPSA) is 35.8 Å². The van der Waals surface area contributed by atoms with Gasteiger partial charge in [-0.3, -0.25) is 0 Å². The van der Waals surface area contributed by atoms with Crippen LogP contribution in [0.5, 0.6) is 0 Å². The van der Waals surface area contributed by atoms with Crippen molar-refractivity contribution in [2.75, 3.05) is 0 Å². The van der Waals surface area contributed by atoms with Crippen LogP contribution in [0.1, 0.15) is 52.2 Å². The number of nitrogens with one attached hydrogen (secondary N) is 1. The lowest BCUT2D eigenvalue weighted by atomic mass is 9.82. The Kier molecular flexibility index (Phi) is 4.70. The molecule has 1 N–H and O–H groups in total. The highest BCUT2D eigenvalue weighted by atomic mass is 19.1. The summed E-state index contributed by atoms with van der Waals surface area (Å²) in [5, 5.41) is 12.3. The Morgan fingerprint density at radius 2 is 1.79 bits per heavy atom. The first-order valence-corrected chi connectivity index (χ1v) is 6.56. The van der Waals surface area contributed by atoms with E-state index in [4.69, 9.17) is 5.26 Å². The Balaban J connectivity index is 2.71. The smallest absolute Gasteiger partial charge is 0.124 e. The van der Waals surface area contributed by atoms with Gasteiger partial charge < -0.3 is 5.32 Å². The molecular weight excluding hydrogens is 239 g/mol. The molecule has 1 rings (SSSR count). The monoisotopic (exact) mass is 262 g/mol. The molecule has 0 aliphatic carbocycles. The fourth-order valence-electron chi connectivity index (χ4n) is 2.55. The van der Waals surface area contributed by atoms with Crippen molar-refractivity contribution in [3.8, 4) is 6.07 Å². The van der Waals surface area contributed by atoms with E-state index in [0.29, 0.717) is 12.1 Å². The minimum atomic E-state index is -0.357. The van der Waals surface area contributed by atoms with Crippen molar-refractivity contribution >= 4 is 0 Å². The minimum Gasteiger partial charge on any atom is -0.308 e. The summed E-state index contributed by atoms with van der Waals surface area (Å²) in [7, 11) is 0. The maximum atomic E-state index is 13.3. The molecule has 3 heteroatoms. The molecule has 0 heterocycles. The normalized spacial score (nSPS) is 12.3. The number of nitrogens with zero attached hydrogens (tertiary/aromatic N) is 1. The maximum absolute atomic E-state index is 13.3. The van der Waals surface area contributed by atoms with E-state index in [1.165, 1.54) is 12.1 Å². The van der Waals surface area contributed by atoms with E-state index in [0.717, 1.165) is 12.0 Å². The first kappa shape index (κ1) is 15.7. The molecule has 1 aromatic rings. The lowest BCUT2D eigenvalue weighted by molar-refractivity contribution is 0.240. The Labute approximate surface area is 115 Å². The second-order valence-corrected chi connectivity index (χ2v) is 6.93. The Morgan fingerprint density at radius 1 is 1.16 bits per heavy atom. The lowest BCUT2D eigenvalue weighted by Crippen LogP contribution is -2.41. The summed E-state index contributed by atoms with van der Waals surface area (Å²) < 4.78 is 13.3. The van der Waals surface area contributed by atoms with E-state index in [1.54, 1.807) is 6.07 Å². The zero-order chi connectivity index (χ0) is 14.7. The molecule has 0 aliphatic heterocycles. The molecule has 104 valence electrons. The summed E-state index contributed by atoms with van der Waals surface area (Å²) in [6.07, 6.45) is 1.01. The van der Waals surface area contributed by atoms with Gasteiger partial charge in [0, 0.05) is 12.1 Å². The summed E-state index contributed by atoms with van der Waals surface area (Å²) in [5.41, 5.74) is 1.37. The first-order valence-electron chi connectivity index (χ1n) is 6.56. The summed E-state index contributed by atoms with van der Waals surface area (Å²) in [5.74, 6) is -0.357. The zero-order valence-corrected chi connectivity index (χ0v) is 12.5. The lowest BCUT2D eigenvalue weighted by Gasteiger charge is -2.33. The van der Waals surface area contributed by atoms with Gasteiger partial charge in [0.15, 0.2) is 0 Å². The van der Waals surface area contributed by atoms with Crippen LogP contribution in [-0.2, 0) is 6.54 Å². The van der Waals surface area contributed by atoms with Crippen molar-refractivity contribution in [3.05, 3.63) is 35.1 Å². The molecule has 1 aromatic carbocycles. The molecule has 0 atom stereocenters. The minimum absolute atomic E-state index is 0.0304. The van der Waals surface area contributed by atoms with Crippen molar-refractivity contribution in [2.45, 2.75) is 53.1 Å². The van der Waals surface area contributed by atoms with Crippen LogP contribution < -0.4 is 5.32 Å². The van der Waals surface area contributed by atoms with E-state index in [-0.39, 0.29) is 16.8 Å². The number of hydrogen-bond donors (Lipinski definition) is 1. The highest BCUT2D eigenvalue weighted by molar-refractivity contribution is 5.33. The third kappa shape index (κ3) is 5.85. The number of halogens is 1. The van der Waals surface area contributed by atoms with Gasteiger partial charge in [-0.2, -0.15) is 5.26 Å². The number of nitriles is 1. The largest absolute Gasteiger partial charge is 0.308 e. The molecule has 0 radical (unpaired) electrons. The average Bonchev–Trinajstić information content (AvgIpc) is 2.22. The van der Waals surface area contributed by atoms with E-state index in [1.807, 2.05) is 6.07 Å². The van der Waals surface area contributed by atoms with Gasteiger partial charge in [-0.1, -0.05) is 20.8 Å². The standard InChI is InChI=1S/C16H23FN2/c1-15(2,3)11-16(4,5)19-10-13-6-12(9-18)7-14(17)8-13/h6-8,19H,10-11H2,1-5H3. The molecule has 0 spiro atoms. The van der Waals surface area contributed by atoms with Crippen LogP contribution in [0.2, 0.25) is 0 Å². The number of benzene rings is 1. The molecule has 0 fully saturated rings. The van der Waals surface area contributed by atoms with Crippen LogP contribution in [-0.4, -0.2) is 5.54 Å². The molecular formula is C16H23FN2. The molecule has 0 aromatic heterocycles. The van der Waals surface area contributed by atoms with E-state index in [2.05, 4.69) is 39.9 Å². The predicted molar refractivity (Wildman–Crippen MR) is 76.1 cm³/mol. The van der Waals surface area contributed by atoms with Gasteiger partial charge in [-0.05, 0) is 49.4 Å². The van der Waals surface area contributed by atoms with Crippen LogP contribution in [0.15, 0.2) is 18.2 Å². The molecule has 0 saturated heterocycles. The summed E-state index contributed by atoms with van der Waals surface area (Å²) in [4.78, 5) is 0. The van der Waals surface area contributed by atoms with Gasteiger partial charge >= 0.3 is 0 Å². The zero-order valence-electron chi connectivity index (χ0n) is 12.5. The Hall–Kier alpha value is -1.40. The molecule has 19 heavy (non-hydrogen) atoms. The second-order valence-electron chi connectivity index (χ2n) is 6.93. The third-order valence-electron chi connectivity index (χ3n) is 2.83. The molecule has 0 bridgehead atoms. The fraction of sp³-hybridized carbons (Fsp3) is 0.562. The molecule has 0 unspecified atom stereocenters. The van der Waals surface area contributed by atoms with Gasteiger partial charge in [-0.15, -0.1) is 0 Å². The second kappa shape index (κ2) is 5.71. The van der Waals surface area contributed by atoms with Crippen molar-refractivity contribution in [1.29, 1.82) is 5.26 Å². The average molecular weight is 262 g/mol. The van der Waals surface area contributed by atoms with Gasteiger partial charge in [0.25, 0.3) is 0 Å². The number of hydrogen-bond acceptors (Lipinski definition) is 2. The number of rotatable bonds is 4. The highest BCUT2D eigenvalue weighted by Crippen LogP contribution is 2.27. The van der Waals surface area contributed by atoms with Crippen LogP contribution in [0, 0.1) is 22.6 Å². The Bertz CT molecular complexity index is 479. The summed E-state index contributed by atoms with van der Waals surface area (Å²) in [6, 6.07) is 6.43. The van der Waals surface area contributed by atoms with Gasteiger partial charge in [0.2, 0.25) is 0 Å². The predicted octanol–water partition coefficient (Wildman–Crippen LogP) is 4.00. The molecule has 0 amide bonds. The van der Waals surface area contributed by atoms with Crippen LogP contribution in [0.4, 0.5) is 4.39 Å². The Morgan fingerprint density at radius 3 is 2.32 bits per heavy atom. The van der Waals surface area contributed by atoms with Crippen molar-refractivity contribution in [2.24, 2.45) is 5.41 Å². The van der Waals surface area contributed by atoms with E-state index in [9.17, 15) is 4.39 Å². The van der Waals surface area contributed by atoms with Crippen molar-refractivity contribution < 1.29 is 4.39 Å². The molecule has 0 saturated carbocycles. The van der Waals surface area contributed by atoms with Crippen LogP contribution >= 0.6 is 0 Å². The highest BCUT2D eigenvalue weighted by Gasteiger charge is 2.24. The quantitative estimate of drug-likeness (QED) is 0.890. The fourth-order valence-corrected chi connectivity index (χ4v) is 2.55. The maximum Gasteiger partial charge on any atom is 0.124 e. The van der Waals surface area contributed by atoms with Crippen molar-refractivity contribution in [1.82, 2.24) is 5.32 Å². The summed E-state index contributed by atoms with van der Waals surface area (Å²) in [6.45, 7) is 11.5. The van der Waals surface area contributed by atoms with Crippen molar-refractivity contribution in [3.63, 3.8) is 0 Å². The van der Waals surface area contributed by atoms with Gasteiger partial charge in [0.05, 0.1) is 11.6 Å². The summed E-state index contributed by atoms with van der Waals surface area (Å²) >= 11 is 0. The van der Waals surface area contributed by atoms with Gasteiger partial charge in [-0.25, -0.2) is 4.39 Å². The SMILES string of the molecule is CC(C)(C)CC(C)(C)NCc1cc(F)cc(C#N)c1.